The topological polar surface area (TPSA) is 57.5 Å². The maximum Gasteiger partial charge on any atom is 0.417 e. The molecule has 18 heavy (non-hydrogen) atoms. The molecule has 0 atom stereocenters. The molecule has 0 radical (unpaired) electrons. The number of hydrogen-bond donors (Lipinski definition) is 2. The molecule has 10 heteroatoms. The molecule has 3 nitrogen and oxygen atoms in total. The van der Waals surface area contributed by atoms with E-state index in [2.05, 4.69) is 0 Å². The first-order valence-electron chi connectivity index (χ1n) is 4.18. The summed E-state index contributed by atoms with van der Waals surface area (Å²) in [7, 11) is -5.47. The zero-order valence-corrected chi connectivity index (χ0v) is 9.14. The molecule has 0 bridgehead atoms. The maximum atomic E-state index is 12.5. The summed E-state index contributed by atoms with van der Waals surface area (Å²) in [6, 6.07) is 0.938. The third-order valence-corrected chi connectivity index (χ3v) is 2.95. The number of alkyl halides is 6. The van der Waals surface area contributed by atoms with Gasteiger partial charge in [0.05, 0.1) is 16.4 Å². The van der Waals surface area contributed by atoms with Gasteiger partial charge in [0.1, 0.15) is 0 Å². The minimum Gasteiger partial charge on any atom is -0.321 e. The van der Waals surface area contributed by atoms with Crippen molar-refractivity contribution >= 4 is 12.9 Å². The molecule has 0 spiro atoms. The van der Waals surface area contributed by atoms with Gasteiger partial charge in [-0.2, -0.15) is 26.3 Å². The van der Waals surface area contributed by atoms with Gasteiger partial charge in [0.25, 0.3) is 0 Å². The summed E-state index contributed by atoms with van der Waals surface area (Å²) in [5.74, 6) is 0. The van der Waals surface area contributed by atoms with E-state index in [0.29, 0.717) is 12.1 Å². The van der Waals surface area contributed by atoms with Crippen LogP contribution < -0.4 is 5.30 Å². The maximum absolute atomic E-state index is 12.5. The van der Waals surface area contributed by atoms with Crippen molar-refractivity contribution in [1.29, 1.82) is 0 Å². The Labute approximate surface area is 96.2 Å². The van der Waals surface area contributed by atoms with Crippen LogP contribution in [0.15, 0.2) is 18.2 Å². The van der Waals surface area contributed by atoms with E-state index in [1.807, 2.05) is 0 Å². The van der Waals surface area contributed by atoms with Gasteiger partial charge in [0.15, 0.2) is 0 Å². The van der Waals surface area contributed by atoms with Crippen LogP contribution in [0, 0.1) is 0 Å². The molecule has 102 valence electrons. The van der Waals surface area contributed by atoms with Crippen molar-refractivity contribution in [1.82, 2.24) is 0 Å². The van der Waals surface area contributed by atoms with Crippen molar-refractivity contribution in [3.8, 4) is 0 Å². The van der Waals surface area contributed by atoms with Crippen molar-refractivity contribution in [2.24, 2.45) is 0 Å². The largest absolute Gasteiger partial charge is 0.417 e. The van der Waals surface area contributed by atoms with Crippen molar-refractivity contribution in [2.75, 3.05) is 0 Å². The minimum atomic E-state index is -5.53. The van der Waals surface area contributed by atoms with Crippen LogP contribution in [0.2, 0.25) is 0 Å². The van der Waals surface area contributed by atoms with Crippen LogP contribution in [0.4, 0.5) is 26.3 Å². The Bertz CT molecular complexity index is 501. The van der Waals surface area contributed by atoms with Gasteiger partial charge in [-0.3, -0.25) is 4.57 Å². The van der Waals surface area contributed by atoms with Crippen molar-refractivity contribution in [3.63, 3.8) is 0 Å². The second-order valence-electron chi connectivity index (χ2n) is 3.24. The highest BCUT2D eigenvalue weighted by Gasteiger charge is 2.47. The smallest absolute Gasteiger partial charge is 0.321 e. The summed E-state index contributed by atoms with van der Waals surface area (Å²) in [5.41, 5.74) is -4.48. The second-order valence-corrected chi connectivity index (χ2v) is 4.81. The molecular weight excluding hydrogens is 289 g/mol. The number of hydrogen-bond acceptors (Lipinski definition) is 1. The van der Waals surface area contributed by atoms with Gasteiger partial charge < -0.3 is 9.79 Å². The van der Waals surface area contributed by atoms with Gasteiger partial charge in [0.2, 0.25) is 0 Å². The molecule has 0 aliphatic rings. The van der Waals surface area contributed by atoms with E-state index in [0.717, 1.165) is 0 Å². The Morgan fingerprint density at radius 2 is 1.44 bits per heavy atom. The molecule has 0 aromatic heterocycles. The molecule has 2 N–H and O–H groups in total. The summed E-state index contributed by atoms with van der Waals surface area (Å²) >= 11 is 0. The van der Waals surface area contributed by atoms with E-state index in [9.17, 15) is 30.9 Å². The number of rotatable bonds is 1. The van der Waals surface area contributed by atoms with Gasteiger partial charge in [-0.05, 0) is 12.1 Å². The van der Waals surface area contributed by atoms with Crippen LogP contribution in [0.3, 0.4) is 0 Å². The lowest BCUT2D eigenvalue weighted by Crippen LogP contribution is -2.26. The average Bonchev–Trinajstić information content (AvgIpc) is 2.12. The highest BCUT2D eigenvalue weighted by molar-refractivity contribution is 7.60. The summed E-state index contributed by atoms with van der Waals surface area (Å²) in [5, 5.41) is -1.69. The fourth-order valence-corrected chi connectivity index (χ4v) is 2.14. The fraction of sp³-hybridized carbons (Fsp3) is 0.250. The van der Waals surface area contributed by atoms with Crippen molar-refractivity contribution in [3.05, 3.63) is 29.3 Å². The van der Waals surface area contributed by atoms with Crippen LogP contribution in [-0.2, 0) is 16.9 Å². The molecule has 0 unspecified atom stereocenters. The van der Waals surface area contributed by atoms with Gasteiger partial charge in [-0.25, -0.2) is 0 Å². The first-order chi connectivity index (χ1) is 7.85. The minimum absolute atomic E-state index is 0.113. The third-order valence-electron chi connectivity index (χ3n) is 1.95. The standard InChI is InChI=1S/C8H5F6O3P/c9-7(10,11)4-2-1-3-5(18(15,16)17)6(4)8(12,13)14/h1-3H,(H2,15,16,17). The molecule has 0 aliphatic heterocycles. The lowest BCUT2D eigenvalue weighted by molar-refractivity contribution is -0.161. The lowest BCUT2D eigenvalue weighted by atomic mass is 10.1. The Kier molecular flexibility index (Phi) is 3.55. The summed E-state index contributed by atoms with van der Waals surface area (Å²) in [4.78, 5) is 17.3. The van der Waals surface area contributed by atoms with Gasteiger partial charge in [-0.15, -0.1) is 0 Å². The monoisotopic (exact) mass is 294 g/mol. The molecule has 1 aromatic rings. The highest BCUT2D eigenvalue weighted by atomic mass is 31.2. The first-order valence-corrected chi connectivity index (χ1v) is 5.80. The predicted molar refractivity (Wildman–Crippen MR) is 48.1 cm³/mol. The fourth-order valence-electron chi connectivity index (χ4n) is 1.32. The predicted octanol–water partition coefficient (Wildman–Crippen LogP) is 2.53. The summed E-state index contributed by atoms with van der Waals surface area (Å²) in [6.45, 7) is 0. The average molecular weight is 294 g/mol. The summed E-state index contributed by atoms with van der Waals surface area (Å²) in [6.07, 6.45) is -10.9. The zero-order chi connectivity index (χ0) is 14.4. The molecule has 0 aliphatic carbocycles. The van der Waals surface area contributed by atoms with E-state index < -0.39 is 36.4 Å². The molecular formula is C8H5F6O3P. The molecule has 0 saturated carbocycles. The molecule has 1 rings (SSSR count). The summed E-state index contributed by atoms with van der Waals surface area (Å²) < 4.78 is 85.6. The van der Waals surface area contributed by atoms with Crippen LogP contribution >= 0.6 is 7.60 Å². The van der Waals surface area contributed by atoms with Crippen LogP contribution in [0.1, 0.15) is 11.1 Å². The molecule has 0 amide bonds. The molecule has 0 heterocycles. The van der Waals surface area contributed by atoms with E-state index in [-0.39, 0.29) is 6.07 Å². The Balaban J connectivity index is 3.73. The SMILES string of the molecule is O=P(O)(O)c1cccc(C(F)(F)F)c1C(F)(F)F. The van der Waals surface area contributed by atoms with Crippen LogP contribution in [0.5, 0.6) is 0 Å². The molecule has 0 saturated heterocycles. The van der Waals surface area contributed by atoms with E-state index in [1.165, 1.54) is 0 Å². The Hall–Kier alpha value is -1.05. The van der Waals surface area contributed by atoms with Gasteiger partial charge in [0, 0.05) is 0 Å². The van der Waals surface area contributed by atoms with Crippen molar-refractivity contribution < 1.29 is 40.7 Å². The van der Waals surface area contributed by atoms with E-state index >= 15 is 0 Å². The first kappa shape index (κ1) is 15.0. The number of benzene rings is 1. The molecule has 0 fully saturated rings. The second kappa shape index (κ2) is 4.25. The highest BCUT2D eigenvalue weighted by Crippen LogP contribution is 2.45. The lowest BCUT2D eigenvalue weighted by Gasteiger charge is -2.19. The Morgan fingerprint density at radius 1 is 0.944 bits per heavy atom. The molecule has 1 aromatic carbocycles. The van der Waals surface area contributed by atoms with Gasteiger partial charge in [-0.1, -0.05) is 6.07 Å². The quantitative estimate of drug-likeness (QED) is 0.618. The normalized spacial score (nSPS) is 13.8. The third kappa shape index (κ3) is 3.04. The van der Waals surface area contributed by atoms with E-state index in [4.69, 9.17) is 9.79 Å². The van der Waals surface area contributed by atoms with Gasteiger partial charge >= 0.3 is 19.9 Å². The Morgan fingerprint density at radius 3 is 1.78 bits per heavy atom. The number of halogens is 6. The van der Waals surface area contributed by atoms with Crippen LogP contribution in [-0.4, -0.2) is 9.79 Å². The van der Waals surface area contributed by atoms with Crippen molar-refractivity contribution in [2.45, 2.75) is 12.4 Å². The zero-order valence-electron chi connectivity index (χ0n) is 8.25. The van der Waals surface area contributed by atoms with E-state index in [1.54, 1.807) is 0 Å². The van der Waals surface area contributed by atoms with Crippen LogP contribution in [0.25, 0.3) is 0 Å².